The monoisotopic (exact) mass is 435 g/mol. The SMILES string of the molecule is Cl.Cl.O=C(CCC1CCNCC1)NC1CCN(Cc2ccc(Cl)cc2)CC1. The zero-order valence-electron chi connectivity index (χ0n) is 15.8. The zero-order valence-corrected chi connectivity index (χ0v) is 18.2. The molecule has 0 spiro atoms. The van der Waals surface area contributed by atoms with Crippen LogP contribution in [0.3, 0.4) is 0 Å². The Morgan fingerprint density at radius 2 is 1.70 bits per heavy atom. The summed E-state index contributed by atoms with van der Waals surface area (Å²) in [5.41, 5.74) is 1.30. The summed E-state index contributed by atoms with van der Waals surface area (Å²) in [5.74, 6) is 0.975. The Bertz CT molecular complexity index is 542. The van der Waals surface area contributed by atoms with E-state index in [2.05, 4.69) is 27.7 Å². The minimum Gasteiger partial charge on any atom is -0.353 e. The van der Waals surface area contributed by atoms with Gasteiger partial charge >= 0.3 is 0 Å². The summed E-state index contributed by atoms with van der Waals surface area (Å²) in [7, 11) is 0. The normalized spacial score (nSPS) is 19.0. The Morgan fingerprint density at radius 3 is 2.33 bits per heavy atom. The molecular weight excluding hydrogens is 405 g/mol. The Balaban J connectivity index is 0.00000182. The molecule has 2 heterocycles. The smallest absolute Gasteiger partial charge is 0.220 e. The molecule has 0 unspecified atom stereocenters. The summed E-state index contributed by atoms with van der Waals surface area (Å²) < 4.78 is 0. The summed E-state index contributed by atoms with van der Waals surface area (Å²) in [6.45, 7) is 5.27. The number of hydrogen-bond acceptors (Lipinski definition) is 3. The molecule has 0 atom stereocenters. The van der Waals surface area contributed by atoms with E-state index in [0.29, 0.717) is 12.5 Å². The minimum atomic E-state index is 0. The third kappa shape index (κ3) is 8.57. The highest BCUT2D eigenvalue weighted by molar-refractivity contribution is 6.30. The summed E-state index contributed by atoms with van der Waals surface area (Å²) in [6, 6.07) is 8.44. The van der Waals surface area contributed by atoms with Crippen molar-refractivity contribution in [1.29, 1.82) is 0 Å². The molecular formula is C20H32Cl3N3O. The highest BCUT2D eigenvalue weighted by Gasteiger charge is 2.21. The standard InChI is InChI=1S/C20H30ClN3O.2ClH/c21-18-4-1-17(2-5-18)15-24-13-9-19(10-14-24)23-20(25)6-3-16-7-11-22-12-8-16;;/h1-2,4-5,16,19,22H,3,6-15H2,(H,23,25);2*1H. The van der Waals surface area contributed by atoms with Crippen molar-refractivity contribution in [3.05, 3.63) is 34.9 Å². The maximum atomic E-state index is 12.2. The lowest BCUT2D eigenvalue weighted by Crippen LogP contribution is -2.44. The van der Waals surface area contributed by atoms with Crippen molar-refractivity contribution in [3.8, 4) is 0 Å². The topological polar surface area (TPSA) is 44.4 Å². The molecule has 154 valence electrons. The molecule has 0 bridgehead atoms. The van der Waals surface area contributed by atoms with E-state index < -0.39 is 0 Å². The van der Waals surface area contributed by atoms with Crippen LogP contribution in [-0.4, -0.2) is 43.0 Å². The van der Waals surface area contributed by atoms with Crippen LogP contribution >= 0.6 is 36.4 Å². The third-order valence-electron chi connectivity index (χ3n) is 5.51. The van der Waals surface area contributed by atoms with Crippen molar-refractivity contribution in [3.63, 3.8) is 0 Å². The lowest BCUT2D eigenvalue weighted by atomic mass is 9.93. The van der Waals surface area contributed by atoms with Crippen LogP contribution in [0.1, 0.15) is 44.1 Å². The largest absolute Gasteiger partial charge is 0.353 e. The fourth-order valence-corrected chi connectivity index (χ4v) is 4.01. The van der Waals surface area contributed by atoms with Gasteiger partial charge in [-0.05, 0) is 68.8 Å². The van der Waals surface area contributed by atoms with Crippen LogP contribution in [0, 0.1) is 5.92 Å². The summed E-state index contributed by atoms with van der Waals surface area (Å²) >= 11 is 5.94. The number of hydrogen-bond donors (Lipinski definition) is 2. The predicted molar refractivity (Wildman–Crippen MR) is 117 cm³/mol. The van der Waals surface area contributed by atoms with Crippen LogP contribution in [0.15, 0.2) is 24.3 Å². The molecule has 1 amide bonds. The van der Waals surface area contributed by atoms with E-state index in [1.165, 1.54) is 18.4 Å². The third-order valence-corrected chi connectivity index (χ3v) is 5.76. The number of nitrogens with zero attached hydrogens (tertiary/aromatic N) is 1. The Labute approximate surface area is 180 Å². The Morgan fingerprint density at radius 1 is 1.07 bits per heavy atom. The van der Waals surface area contributed by atoms with Gasteiger partial charge in [0.05, 0.1) is 0 Å². The first-order valence-corrected chi connectivity index (χ1v) is 10.0. The molecule has 2 saturated heterocycles. The Kier molecular flexibility index (Phi) is 11.7. The lowest BCUT2D eigenvalue weighted by molar-refractivity contribution is -0.122. The fourth-order valence-electron chi connectivity index (χ4n) is 3.89. The van der Waals surface area contributed by atoms with Gasteiger partial charge in [-0.2, -0.15) is 0 Å². The van der Waals surface area contributed by atoms with Crippen LogP contribution in [0.2, 0.25) is 5.02 Å². The van der Waals surface area contributed by atoms with Crippen molar-refractivity contribution in [2.75, 3.05) is 26.2 Å². The zero-order chi connectivity index (χ0) is 17.5. The quantitative estimate of drug-likeness (QED) is 0.707. The van der Waals surface area contributed by atoms with Crippen LogP contribution in [0.25, 0.3) is 0 Å². The van der Waals surface area contributed by atoms with Crippen molar-refractivity contribution < 1.29 is 4.79 Å². The highest BCUT2D eigenvalue weighted by Crippen LogP contribution is 2.19. The molecule has 1 aromatic rings. The van der Waals surface area contributed by atoms with Crippen LogP contribution in [-0.2, 0) is 11.3 Å². The summed E-state index contributed by atoms with van der Waals surface area (Å²) in [4.78, 5) is 14.7. The summed E-state index contributed by atoms with van der Waals surface area (Å²) in [6.07, 6.45) is 6.27. The minimum absolute atomic E-state index is 0. The number of piperidine rings is 2. The predicted octanol–water partition coefficient (Wildman–Crippen LogP) is 4.04. The van der Waals surface area contributed by atoms with Gasteiger partial charge in [0.25, 0.3) is 0 Å². The first kappa shape index (κ1) is 24.5. The molecule has 7 heteroatoms. The number of benzene rings is 1. The van der Waals surface area contributed by atoms with E-state index >= 15 is 0 Å². The number of rotatable bonds is 6. The van der Waals surface area contributed by atoms with Crippen molar-refractivity contribution in [2.24, 2.45) is 5.92 Å². The molecule has 0 aliphatic carbocycles. The van der Waals surface area contributed by atoms with E-state index in [0.717, 1.165) is 62.9 Å². The molecule has 1 aromatic carbocycles. The van der Waals surface area contributed by atoms with Gasteiger partial charge in [-0.1, -0.05) is 23.7 Å². The average Bonchev–Trinajstić information content (AvgIpc) is 2.64. The molecule has 2 N–H and O–H groups in total. The molecule has 27 heavy (non-hydrogen) atoms. The van der Waals surface area contributed by atoms with E-state index in [9.17, 15) is 4.79 Å². The fraction of sp³-hybridized carbons (Fsp3) is 0.650. The molecule has 2 aliphatic rings. The number of carbonyl (C=O) groups is 1. The van der Waals surface area contributed by atoms with E-state index in [4.69, 9.17) is 11.6 Å². The van der Waals surface area contributed by atoms with Gasteiger partial charge in [-0.25, -0.2) is 0 Å². The van der Waals surface area contributed by atoms with E-state index in [-0.39, 0.29) is 30.7 Å². The number of amides is 1. The van der Waals surface area contributed by atoms with Crippen molar-refractivity contribution >= 4 is 42.3 Å². The maximum absolute atomic E-state index is 12.2. The van der Waals surface area contributed by atoms with Crippen LogP contribution in [0.5, 0.6) is 0 Å². The molecule has 2 fully saturated rings. The second-order valence-electron chi connectivity index (χ2n) is 7.48. The average molecular weight is 437 g/mol. The van der Waals surface area contributed by atoms with Gasteiger partial charge in [0.1, 0.15) is 0 Å². The second-order valence-corrected chi connectivity index (χ2v) is 7.91. The number of carbonyl (C=O) groups excluding carboxylic acids is 1. The molecule has 3 rings (SSSR count). The number of nitrogens with one attached hydrogen (secondary N) is 2. The molecule has 4 nitrogen and oxygen atoms in total. The second kappa shape index (κ2) is 12.8. The molecule has 0 saturated carbocycles. The first-order chi connectivity index (χ1) is 12.2. The highest BCUT2D eigenvalue weighted by atomic mass is 35.5. The van der Waals surface area contributed by atoms with Gasteiger partial charge in [0.15, 0.2) is 0 Å². The van der Waals surface area contributed by atoms with Crippen molar-refractivity contribution in [1.82, 2.24) is 15.5 Å². The van der Waals surface area contributed by atoms with Crippen LogP contribution in [0.4, 0.5) is 0 Å². The molecule has 0 aromatic heterocycles. The van der Waals surface area contributed by atoms with Gasteiger partial charge in [0, 0.05) is 37.1 Å². The van der Waals surface area contributed by atoms with Gasteiger partial charge in [0.2, 0.25) is 5.91 Å². The Hall–Kier alpha value is -0.520. The lowest BCUT2D eigenvalue weighted by Gasteiger charge is -2.32. The number of likely N-dealkylation sites (tertiary alicyclic amines) is 1. The maximum Gasteiger partial charge on any atom is 0.220 e. The van der Waals surface area contributed by atoms with Gasteiger partial charge in [-0.15, -0.1) is 24.8 Å². The summed E-state index contributed by atoms with van der Waals surface area (Å²) in [5, 5.41) is 7.42. The number of halogens is 3. The van der Waals surface area contributed by atoms with Crippen LogP contribution < -0.4 is 10.6 Å². The van der Waals surface area contributed by atoms with E-state index in [1.54, 1.807) is 0 Å². The molecule has 0 radical (unpaired) electrons. The van der Waals surface area contributed by atoms with Gasteiger partial charge in [-0.3, -0.25) is 9.69 Å². The van der Waals surface area contributed by atoms with E-state index in [1.807, 2.05) is 12.1 Å². The first-order valence-electron chi connectivity index (χ1n) is 9.66. The van der Waals surface area contributed by atoms with Crippen molar-refractivity contribution in [2.45, 2.75) is 51.1 Å². The van der Waals surface area contributed by atoms with Gasteiger partial charge < -0.3 is 10.6 Å². The molecule has 2 aliphatic heterocycles.